The molecule has 0 saturated heterocycles. The molecule has 2 unspecified atom stereocenters. The van der Waals surface area contributed by atoms with E-state index in [0.717, 1.165) is 6.42 Å². The zero-order valence-electron chi connectivity index (χ0n) is 7.47. The summed E-state index contributed by atoms with van der Waals surface area (Å²) in [6.45, 7) is 2.34. The molecule has 2 rings (SSSR count). The number of carbonyl (C=O) groups is 1. The van der Waals surface area contributed by atoms with Crippen LogP contribution in [0.1, 0.15) is 13.3 Å². The molecule has 0 aliphatic heterocycles. The Morgan fingerprint density at radius 2 is 2.23 bits per heavy atom. The first-order chi connectivity index (χ1) is 6.25. The monoisotopic (exact) mass is 180 g/mol. The van der Waals surface area contributed by atoms with Crippen LogP contribution < -0.4 is 5.32 Å². The Balaban J connectivity index is 1.79. The summed E-state index contributed by atoms with van der Waals surface area (Å²) < 4.78 is 0. The molecule has 1 aliphatic rings. The summed E-state index contributed by atoms with van der Waals surface area (Å²) in [7, 11) is 0. The van der Waals surface area contributed by atoms with Gasteiger partial charge in [0.2, 0.25) is 5.91 Å². The van der Waals surface area contributed by atoms with E-state index in [1.54, 1.807) is 12.4 Å². The van der Waals surface area contributed by atoms with Crippen molar-refractivity contribution in [3.8, 4) is 0 Å². The summed E-state index contributed by atoms with van der Waals surface area (Å²) in [4.78, 5) is 12.7. The number of nitrogens with zero attached hydrogens (tertiary/aromatic N) is 3. The van der Waals surface area contributed by atoms with E-state index < -0.39 is 0 Å². The first kappa shape index (κ1) is 8.22. The Morgan fingerprint density at radius 1 is 1.62 bits per heavy atom. The van der Waals surface area contributed by atoms with Gasteiger partial charge in [0.25, 0.3) is 0 Å². The van der Waals surface area contributed by atoms with E-state index in [0.29, 0.717) is 12.0 Å². The molecule has 1 amide bonds. The molecule has 1 aromatic heterocycles. The average Bonchev–Trinajstić information content (AvgIpc) is 2.61. The van der Waals surface area contributed by atoms with E-state index in [1.807, 2.05) is 0 Å². The minimum absolute atomic E-state index is 0.00875. The summed E-state index contributed by atoms with van der Waals surface area (Å²) in [5, 5.41) is 10.6. The van der Waals surface area contributed by atoms with Gasteiger partial charge in [-0.2, -0.15) is 15.0 Å². The molecule has 2 atom stereocenters. The third-order valence-electron chi connectivity index (χ3n) is 2.21. The predicted molar refractivity (Wildman–Crippen MR) is 45.7 cm³/mol. The van der Waals surface area contributed by atoms with Crippen molar-refractivity contribution in [2.24, 2.45) is 5.92 Å². The van der Waals surface area contributed by atoms with Crippen LogP contribution in [0.25, 0.3) is 0 Å². The van der Waals surface area contributed by atoms with E-state index in [4.69, 9.17) is 0 Å². The average molecular weight is 180 g/mol. The Bertz CT molecular complexity index is 295. The standard InChI is InChI=1S/C8H12N4O/c1-6-4-7(6)11-8(13)5-12-9-2-3-10-12/h2-3,6-7H,4-5H2,1H3,(H,11,13). The van der Waals surface area contributed by atoms with Crippen LogP contribution in [0.5, 0.6) is 0 Å². The van der Waals surface area contributed by atoms with Gasteiger partial charge in [-0.25, -0.2) is 0 Å². The smallest absolute Gasteiger partial charge is 0.243 e. The second kappa shape index (κ2) is 3.16. The number of rotatable bonds is 3. The molecule has 5 nitrogen and oxygen atoms in total. The molecule has 13 heavy (non-hydrogen) atoms. The van der Waals surface area contributed by atoms with Gasteiger partial charge in [0.05, 0.1) is 12.4 Å². The molecule has 0 spiro atoms. The van der Waals surface area contributed by atoms with Crippen LogP contribution >= 0.6 is 0 Å². The normalized spacial score (nSPS) is 25.6. The lowest BCUT2D eigenvalue weighted by molar-refractivity contribution is -0.122. The minimum Gasteiger partial charge on any atom is -0.351 e. The van der Waals surface area contributed by atoms with Gasteiger partial charge in [0.1, 0.15) is 6.54 Å². The Labute approximate surface area is 76.1 Å². The number of carbonyl (C=O) groups excluding carboxylic acids is 1. The Hall–Kier alpha value is -1.39. The Morgan fingerprint density at radius 3 is 2.77 bits per heavy atom. The zero-order chi connectivity index (χ0) is 9.26. The molecule has 70 valence electrons. The molecule has 0 aromatic carbocycles. The van der Waals surface area contributed by atoms with Crippen LogP contribution in [0.15, 0.2) is 12.4 Å². The first-order valence-corrected chi connectivity index (χ1v) is 4.39. The fourth-order valence-electron chi connectivity index (χ4n) is 1.23. The summed E-state index contributed by atoms with van der Waals surface area (Å²) in [5.74, 6) is 0.625. The highest BCUT2D eigenvalue weighted by Gasteiger charge is 2.33. The molecule has 1 fully saturated rings. The van der Waals surface area contributed by atoms with E-state index in [1.165, 1.54) is 4.80 Å². The molecule has 1 aliphatic carbocycles. The van der Waals surface area contributed by atoms with Crippen molar-refractivity contribution >= 4 is 5.91 Å². The van der Waals surface area contributed by atoms with Crippen LogP contribution in [-0.4, -0.2) is 26.9 Å². The number of nitrogens with one attached hydrogen (secondary N) is 1. The molecular formula is C8H12N4O. The van der Waals surface area contributed by atoms with Gasteiger partial charge in [-0.05, 0) is 12.3 Å². The maximum absolute atomic E-state index is 11.3. The highest BCUT2D eigenvalue weighted by molar-refractivity contribution is 5.76. The van der Waals surface area contributed by atoms with Crippen molar-refractivity contribution < 1.29 is 4.79 Å². The summed E-state index contributed by atoms with van der Waals surface area (Å²) in [5.41, 5.74) is 0. The molecule has 1 N–H and O–H groups in total. The fourth-order valence-corrected chi connectivity index (χ4v) is 1.23. The highest BCUT2D eigenvalue weighted by atomic mass is 16.2. The van der Waals surface area contributed by atoms with Crippen molar-refractivity contribution in [3.63, 3.8) is 0 Å². The van der Waals surface area contributed by atoms with Crippen molar-refractivity contribution in [1.29, 1.82) is 0 Å². The third kappa shape index (κ3) is 2.05. The van der Waals surface area contributed by atoms with Gasteiger partial charge < -0.3 is 5.32 Å². The molecule has 0 radical (unpaired) electrons. The quantitative estimate of drug-likeness (QED) is 0.701. The van der Waals surface area contributed by atoms with Crippen LogP contribution in [0.2, 0.25) is 0 Å². The molecule has 1 aromatic rings. The first-order valence-electron chi connectivity index (χ1n) is 4.39. The van der Waals surface area contributed by atoms with Gasteiger partial charge >= 0.3 is 0 Å². The lowest BCUT2D eigenvalue weighted by Crippen LogP contribution is -2.30. The number of hydrogen-bond acceptors (Lipinski definition) is 3. The van der Waals surface area contributed by atoms with Gasteiger partial charge in [-0.15, -0.1) is 0 Å². The van der Waals surface area contributed by atoms with Gasteiger partial charge in [-0.3, -0.25) is 4.79 Å². The summed E-state index contributed by atoms with van der Waals surface area (Å²) in [6, 6.07) is 0.378. The van der Waals surface area contributed by atoms with Crippen molar-refractivity contribution in [3.05, 3.63) is 12.4 Å². The van der Waals surface area contributed by atoms with Crippen LogP contribution in [0.3, 0.4) is 0 Å². The van der Waals surface area contributed by atoms with Gasteiger partial charge in [0, 0.05) is 6.04 Å². The maximum atomic E-state index is 11.3. The van der Waals surface area contributed by atoms with E-state index >= 15 is 0 Å². The minimum atomic E-state index is -0.00875. The van der Waals surface area contributed by atoms with Crippen molar-refractivity contribution in [2.45, 2.75) is 25.9 Å². The fraction of sp³-hybridized carbons (Fsp3) is 0.625. The largest absolute Gasteiger partial charge is 0.351 e. The molecule has 0 bridgehead atoms. The van der Waals surface area contributed by atoms with Crippen LogP contribution in [-0.2, 0) is 11.3 Å². The zero-order valence-corrected chi connectivity index (χ0v) is 7.47. The third-order valence-corrected chi connectivity index (χ3v) is 2.21. The number of aromatic nitrogens is 3. The van der Waals surface area contributed by atoms with E-state index in [-0.39, 0.29) is 12.5 Å². The van der Waals surface area contributed by atoms with E-state index in [2.05, 4.69) is 22.4 Å². The summed E-state index contributed by atoms with van der Waals surface area (Å²) >= 11 is 0. The molecule has 1 saturated carbocycles. The van der Waals surface area contributed by atoms with Gasteiger partial charge in [0.15, 0.2) is 0 Å². The lowest BCUT2D eigenvalue weighted by atomic mass is 10.4. The number of amides is 1. The topological polar surface area (TPSA) is 59.8 Å². The van der Waals surface area contributed by atoms with Crippen LogP contribution in [0.4, 0.5) is 0 Å². The van der Waals surface area contributed by atoms with Crippen molar-refractivity contribution in [1.82, 2.24) is 20.3 Å². The van der Waals surface area contributed by atoms with Crippen molar-refractivity contribution in [2.75, 3.05) is 0 Å². The molecule has 5 heteroatoms. The molecular weight excluding hydrogens is 168 g/mol. The van der Waals surface area contributed by atoms with Crippen LogP contribution in [0, 0.1) is 5.92 Å². The SMILES string of the molecule is CC1CC1NC(=O)Cn1nccn1. The Kier molecular flexibility index (Phi) is 2.00. The maximum Gasteiger partial charge on any atom is 0.243 e. The predicted octanol–water partition coefficient (Wildman–Crippen LogP) is -0.197. The summed E-state index contributed by atoms with van der Waals surface area (Å²) in [6.07, 6.45) is 4.22. The van der Waals surface area contributed by atoms with Gasteiger partial charge in [-0.1, -0.05) is 6.92 Å². The molecule has 1 heterocycles. The lowest BCUT2D eigenvalue weighted by Gasteiger charge is -2.02. The van der Waals surface area contributed by atoms with E-state index in [9.17, 15) is 4.79 Å². The highest BCUT2D eigenvalue weighted by Crippen LogP contribution is 2.28. The number of hydrogen-bond donors (Lipinski definition) is 1. The second-order valence-corrected chi connectivity index (χ2v) is 3.45. The second-order valence-electron chi connectivity index (χ2n) is 3.45.